The number of rotatable bonds is 2. The summed E-state index contributed by atoms with van der Waals surface area (Å²) in [5.74, 6) is 0.703. The van der Waals surface area contributed by atoms with Crippen molar-refractivity contribution in [3.63, 3.8) is 0 Å². The number of ether oxygens (including phenoxy) is 1. The highest BCUT2D eigenvalue weighted by Gasteiger charge is 2.24. The number of aromatic nitrogens is 2. The van der Waals surface area contributed by atoms with Crippen LogP contribution in [-0.2, 0) is 4.74 Å². The van der Waals surface area contributed by atoms with Crippen LogP contribution in [0.4, 0.5) is 10.3 Å². The van der Waals surface area contributed by atoms with Gasteiger partial charge in [-0.15, -0.1) is 0 Å². The zero-order valence-corrected chi connectivity index (χ0v) is 11.0. The maximum absolute atomic E-state index is 13.2. The largest absolute Gasteiger partial charge is 0.381 e. The summed E-state index contributed by atoms with van der Waals surface area (Å²) in [5, 5.41) is 0. The van der Waals surface area contributed by atoms with Crippen LogP contribution in [0.5, 0.6) is 0 Å². The number of halogens is 1. The molecule has 1 fully saturated rings. The van der Waals surface area contributed by atoms with E-state index in [2.05, 4.69) is 11.9 Å². The fourth-order valence-electron chi connectivity index (χ4n) is 2.93. The van der Waals surface area contributed by atoms with E-state index < -0.39 is 0 Å². The molecule has 2 aromatic rings. The van der Waals surface area contributed by atoms with Crippen LogP contribution in [0, 0.1) is 11.7 Å². The van der Waals surface area contributed by atoms with Gasteiger partial charge in [0.1, 0.15) is 5.82 Å². The zero-order chi connectivity index (χ0) is 13.4. The van der Waals surface area contributed by atoms with E-state index in [4.69, 9.17) is 10.5 Å². The first-order valence-electron chi connectivity index (χ1n) is 6.67. The predicted octanol–water partition coefficient (Wildman–Crippen LogP) is 2.75. The van der Waals surface area contributed by atoms with Gasteiger partial charge in [-0.3, -0.25) is 0 Å². The number of imidazole rings is 1. The number of hydrogen-bond acceptors (Lipinski definition) is 3. The highest BCUT2D eigenvalue weighted by atomic mass is 19.1. The summed E-state index contributed by atoms with van der Waals surface area (Å²) in [6.45, 7) is 3.75. The Bertz CT molecular complexity index is 590. The average Bonchev–Trinajstić information content (AvgIpc) is 2.74. The molecule has 0 aliphatic carbocycles. The Morgan fingerprint density at radius 3 is 2.89 bits per heavy atom. The number of benzene rings is 1. The van der Waals surface area contributed by atoms with E-state index in [0.717, 1.165) is 31.6 Å². The second-order valence-corrected chi connectivity index (χ2v) is 5.16. The third-order valence-corrected chi connectivity index (χ3v) is 4.03. The third-order valence-electron chi connectivity index (χ3n) is 4.03. The Balaban J connectivity index is 2.01. The lowest BCUT2D eigenvalue weighted by Crippen LogP contribution is -2.24. The molecule has 5 heteroatoms. The van der Waals surface area contributed by atoms with Crippen LogP contribution < -0.4 is 5.73 Å². The molecule has 2 heterocycles. The van der Waals surface area contributed by atoms with Crippen molar-refractivity contribution in [2.24, 2.45) is 5.92 Å². The molecule has 0 amide bonds. The van der Waals surface area contributed by atoms with Crippen LogP contribution >= 0.6 is 0 Å². The van der Waals surface area contributed by atoms with Gasteiger partial charge < -0.3 is 15.0 Å². The third kappa shape index (κ3) is 2.18. The summed E-state index contributed by atoms with van der Waals surface area (Å²) >= 11 is 0. The summed E-state index contributed by atoms with van der Waals surface area (Å²) in [7, 11) is 0. The first kappa shape index (κ1) is 12.4. The second kappa shape index (κ2) is 4.81. The molecule has 2 N–H and O–H groups in total. The molecule has 0 bridgehead atoms. The molecule has 1 aliphatic rings. The van der Waals surface area contributed by atoms with Crippen molar-refractivity contribution in [3.8, 4) is 0 Å². The molecule has 0 radical (unpaired) electrons. The molecule has 19 heavy (non-hydrogen) atoms. The number of hydrogen-bond donors (Lipinski definition) is 1. The van der Waals surface area contributed by atoms with E-state index in [1.165, 1.54) is 12.1 Å². The van der Waals surface area contributed by atoms with E-state index in [0.29, 0.717) is 17.4 Å². The highest BCUT2D eigenvalue weighted by molar-refractivity contribution is 5.78. The predicted molar refractivity (Wildman–Crippen MR) is 72.4 cm³/mol. The minimum Gasteiger partial charge on any atom is -0.381 e. The van der Waals surface area contributed by atoms with Crippen LogP contribution in [-0.4, -0.2) is 22.8 Å². The molecule has 1 atom stereocenters. The summed E-state index contributed by atoms with van der Waals surface area (Å²) < 4.78 is 20.6. The Labute approximate surface area is 111 Å². The SMILES string of the molecule is CC(C1CCOCC1)n1c(N)nc2cc(F)ccc21. The van der Waals surface area contributed by atoms with E-state index in [-0.39, 0.29) is 11.9 Å². The van der Waals surface area contributed by atoms with Gasteiger partial charge in [0.05, 0.1) is 11.0 Å². The van der Waals surface area contributed by atoms with E-state index in [1.807, 2.05) is 4.57 Å². The van der Waals surface area contributed by atoms with Crippen molar-refractivity contribution in [3.05, 3.63) is 24.0 Å². The van der Waals surface area contributed by atoms with Gasteiger partial charge in [-0.2, -0.15) is 0 Å². The van der Waals surface area contributed by atoms with Gasteiger partial charge in [0, 0.05) is 25.3 Å². The maximum atomic E-state index is 13.2. The van der Waals surface area contributed by atoms with Crippen molar-refractivity contribution in [2.75, 3.05) is 18.9 Å². The van der Waals surface area contributed by atoms with Crippen LogP contribution in [0.3, 0.4) is 0 Å². The smallest absolute Gasteiger partial charge is 0.201 e. The molecular weight excluding hydrogens is 245 g/mol. The minimum absolute atomic E-state index is 0.249. The van der Waals surface area contributed by atoms with Gasteiger partial charge in [-0.1, -0.05) is 0 Å². The first-order valence-corrected chi connectivity index (χ1v) is 6.67. The number of nitrogens with zero attached hydrogens (tertiary/aromatic N) is 2. The molecule has 0 spiro atoms. The maximum Gasteiger partial charge on any atom is 0.201 e. The van der Waals surface area contributed by atoms with Gasteiger partial charge in [-0.25, -0.2) is 9.37 Å². The molecule has 3 rings (SSSR count). The molecule has 4 nitrogen and oxygen atoms in total. The van der Waals surface area contributed by atoms with Crippen LogP contribution in [0.25, 0.3) is 11.0 Å². The van der Waals surface area contributed by atoms with Crippen LogP contribution in [0.1, 0.15) is 25.8 Å². The lowest BCUT2D eigenvalue weighted by atomic mass is 9.92. The number of nitrogens with two attached hydrogens (primary N) is 1. The summed E-state index contributed by atoms with van der Waals surface area (Å²) in [4.78, 5) is 4.26. The summed E-state index contributed by atoms with van der Waals surface area (Å²) in [5.41, 5.74) is 7.53. The molecule has 1 saturated heterocycles. The number of fused-ring (bicyclic) bond motifs is 1. The van der Waals surface area contributed by atoms with E-state index in [1.54, 1.807) is 6.07 Å². The van der Waals surface area contributed by atoms with Gasteiger partial charge in [0.2, 0.25) is 5.95 Å². The minimum atomic E-state index is -0.282. The second-order valence-electron chi connectivity index (χ2n) is 5.16. The van der Waals surface area contributed by atoms with Crippen molar-refractivity contribution in [1.29, 1.82) is 0 Å². The molecule has 1 aliphatic heterocycles. The van der Waals surface area contributed by atoms with Gasteiger partial charge >= 0.3 is 0 Å². The molecular formula is C14H18FN3O. The highest BCUT2D eigenvalue weighted by Crippen LogP contribution is 2.32. The quantitative estimate of drug-likeness (QED) is 0.906. The normalized spacial score (nSPS) is 18.8. The van der Waals surface area contributed by atoms with Crippen LogP contribution in [0.2, 0.25) is 0 Å². The summed E-state index contributed by atoms with van der Waals surface area (Å²) in [6, 6.07) is 4.89. The molecule has 1 aromatic carbocycles. The first-order chi connectivity index (χ1) is 9.16. The lowest BCUT2D eigenvalue weighted by Gasteiger charge is -2.29. The van der Waals surface area contributed by atoms with Gasteiger partial charge in [-0.05, 0) is 37.8 Å². The fourth-order valence-corrected chi connectivity index (χ4v) is 2.93. The zero-order valence-electron chi connectivity index (χ0n) is 11.0. The van der Waals surface area contributed by atoms with Crippen molar-refractivity contribution < 1.29 is 9.13 Å². The van der Waals surface area contributed by atoms with Gasteiger partial charge in [0.15, 0.2) is 0 Å². The Hall–Kier alpha value is -1.62. The lowest BCUT2D eigenvalue weighted by molar-refractivity contribution is 0.0521. The topological polar surface area (TPSA) is 53.1 Å². The van der Waals surface area contributed by atoms with Crippen LogP contribution in [0.15, 0.2) is 18.2 Å². The van der Waals surface area contributed by atoms with Crippen molar-refractivity contribution in [1.82, 2.24) is 9.55 Å². The fraction of sp³-hybridized carbons (Fsp3) is 0.500. The Morgan fingerprint density at radius 2 is 2.16 bits per heavy atom. The number of anilines is 1. The van der Waals surface area contributed by atoms with Crippen molar-refractivity contribution >= 4 is 17.0 Å². The molecule has 1 unspecified atom stereocenters. The van der Waals surface area contributed by atoms with Crippen molar-refractivity contribution in [2.45, 2.75) is 25.8 Å². The Kier molecular flexibility index (Phi) is 3.14. The van der Waals surface area contributed by atoms with E-state index in [9.17, 15) is 4.39 Å². The van der Waals surface area contributed by atoms with E-state index >= 15 is 0 Å². The number of nitrogen functional groups attached to an aromatic ring is 1. The van der Waals surface area contributed by atoms with Gasteiger partial charge in [0.25, 0.3) is 0 Å². The molecule has 0 saturated carbocycles. The standard InChI is InChI=1S/C14H18FN3O/c1-9(10-4-6-19-7-5-10)18-13-3-2-11(15)8-12(13)17-14(18)16/h2-3,8-10H,4-7H2,1H3,(H2,16,17). The molecule has 102 valence electrons. The summed E-state index contributed by atoms with van der Waals surface area (Å²) in [6.07, 6.45) is 2.06. The Morgan fingerprint density at radius 1 is 1.42 bits per heavy atom. The monoisotopic (exact) mass is 263 g/mol. The molecule has 1 aromatic heterocycles. The average molecular weight is 263 g/mol.